The van der Waals surface area contributed by atoms with Gasteiger partial charge in [0.1, 0.15) is 0 Å². The molecule has 0 spiro atoms. The van der Waals surface area contributed by atoms with Crippen LogP contribution in [0.4, 0.5) is 4.39 Å². The van der Waals surface area contributed by atoms with E-state index in [2.05, 4.69) is 0 Å². The van der Waals surface area contributed by atoms with E-state index < -0.39 is 17.7 Å². The topological polar surface area (TPSA) is 81.7 Å². The third-order valence-electron chi connectivity index (χ3n) is 2.12. The van der Waals surface area contributed by atoms with Gasteiger partial charge in [0.05, 0.1) is 23.3 Å². The summed E-state index contributed by atoms with van der Waals surface area (Å²) in [6, 6.07) is 7.14. The second-order valence-electron chi connectivity index (χ2n) is 3.32. The van der Waals surface area contributed by atoms with Crippen LogP contribution in [0.2, 0.25) is 0 Å². The van der Waals surface area contributed by atoms with Crippen molar-refractivity contribution in [1.82, 2.24) is 0 Å². The zero-order chi connectivity index (χ0) is 13.0. The molecule has 0 saturated heterocycles. The zero-order valence-electron chi connectivity index (χ0n) is 8.90. The summed E-state index contributed by atoms with van der Waals surface area (Å²) in [5.74, 6) is -1.97. The van der Waals surface area contributed by atoms with Crippen molar-refractivity contribution < 1.29 is 14.0 Å². The quantitative estimate of drug-likeness (QED) is 0.582. The van der Waals surface area contributed by atoms with Gasteiger partial charge in [-0.2, -0.15) is 10.5 Å². The molecule has 1 unspecified atom stereocenters. The van der Waals surface area contributed by atoms with Crippen molar-refractivity contribution in [3.05, 3.63) is 34.9 Å². The van der Waals surface area contributed by atoms with E-state index in [1.54, 1.807) is 12.1 Å². The van der Waals surface area contributed by atoms with Crippen LogP contribution in [-0.2, 0) is 4.79 Å². The van der Waals surface area contributed by atoms with Crippen LogP contribution in [0.1, 0.15) is 28.4 Å². The maximum Gasteiger partial charge on any atom is 0.220 e. The summed E-state index contributed by atoms with van der Waals surface area (Å²) in [4.78, 5) is 22.3. The summed E-state index contributed by atoms with van der Waals surface area (Å²) in [6.45, 7) is 0.957. The van der Waals surface area contributed by atoms with Gasteiger partial charge in [-0.15, -0.1) is 0 Å². The highest BCUT2D eigenvalue weighted by atomic mass is 19.1. The molecule has 0 aliphatic carbocycles. The fraction of sp³-hybridized carbons (Fsp3) is 0.167. The molecule has 0 aromatic heterocycles. The molecule has 0 amide bonds. The molecule has 1 rings (SSSR count). The number of ketones is 2. The Morgan fingerprint density at radius 1 is 1.29 bits per heavy atom. The number of carbonyl (C=O) groups excluding carboxylic acids is 2. The third kappa shape index (κ3) is 2.53. The average Bonchev–Trinajstić information content (AvgIpc) is 2.35. The maximum atomic E-state index is 13.2. The van der Waals surface area contributed by atoms with E-state index in [1.807, 2.05) is 0 Å². The molecule has 1 aromatic carbocycles. The van der Waals surface area contributed by atoms with Gasteiger partial charge in [-0.1, -0.05) is 0 Å². The van der Waals surface area contributed by atoms with Crippen molar-refractivity contribution in [3.63, 3.8) is 0 Å². The molecule has 0 heterocycles. The Morgan fingerprint density at radius 3 is 2.41 bits per heavy atom. The summed E-state index contributed by atoms with van der Waals surface area (Å²) in [6.07, 6.45) is -2.27. The molecular formula is C12H7FN2O2. The van der Waals surface area contributed by atoms with Crippen molar-refractivity contribution in [2.75, 3.05) is 0 Å². The Morgan fingerprint density at radius 2 is 1.94 bits per heavy atom. The van der Waals surface area contributed by atoms with Crippen molar-refractivity contribution in [2.45, 2.75) is 13.1 Å². The highest BCUT2D eigenvalue weighted by Gasteiger charge is 2.25. The molecule has 5 heteroatoms. The van der Waals surface area contributed by atoms with E-state index in [0.29, 0.717) is 0 Å². The van der Waals surface area contributed by atoms with E-state index in [1.165, 1.54) is 18.2 Å². The van der Waals surface area contributed by atoms with E-state index in [-0.39, 0.29) is 16.7 Å². The van der Waals surface area contributed by atoms with Gasteiger partial charge in [0, 0.05) is 5.56 Å². The van der Waals surface area contributed by atoms with Crippen LogP contribution in [0.3, 0.4) is 0 Å². The number of nitriles is 2. The second-order valence-corrected chi connectivity index (χ2v) is 3.32. The molecule has 0 aliphatic heterocycles. The van der Waals surface area contributed by atoms with Crippen molar-refractivity contribution >= 4 is 11.6 Å². The van der Waals surface area contributed by atoms with E-state index >= 15 is 0 Å². The highest BCUT2D eigenvalue weighted by Crippen LogP contribution is 2.15. The highest BCUT2D eigenvalue weighted by molar-refractivity contribution is 6.13. The Bertz CT molecular complexity index is 567. The molecule has 4 nitrogen and oxygen atoms in total. The fourth-order valence-electron chi connectivity index (χ4n) is 1.24. The summed E-state index contributed by atoms with van der Waals surface area (Å²) < 4.78 is 13.2. The number of benzene rings is 1. The zero-order valence-corrected chi connectivity index (χ0v) is 8.90. The lowest BCUT2D eigenvalue weighted by molar-refractivity contribution is -0.120. The monoisotopic (exact) mass is 230 g/mol. The third-order valence-corrected chi connectivity index (χ3v) is 2.12. The number of halogens is 1. The maximum absolute atomic E-state index is 13.2. The number of carbonyl (C=O) groups is 2. The lowest BCUT2D eigenvalue weighted by atomic mass is 9.98. The molecule has 0 saturated carbocycles. The van der Waals surface area contributed by atoms with Crippen LogP contribution in [0.5, 0.6) is 0 Å². The lowest BCUT2D eigenvalue weighted by Gasteiger charge is -2.05. The average molecular weight is 230 g/mol. The van der Waals surface area contributed by atoms with Crippen LogP contribution in [-0.4, -0.2) is 17.7 Å². The molecule has 17 heavy (non-hydrogen) atoms. The van der Waals surface area contributed by atoms with Crippen LogP contribution in [0, 0.1) is 22.7 Å². The first-order valence-electron chi connectivity index (χ1n) is 4.64. The van der Waals surface area contributed by atoms with Crippen LogP contribution in [0.15, 0.2) is 18.2 Å². The molecule has 1 aromatic rings. The van der Waals surface area contributed by atoms with Gasteiger partial charge in [0.2, 0.25) is 12.0 Å². The van der Waals surface area contributed by atoms with Crippen molar-refractivity contribution in [2.24, 2.45) is 0 Å². The van der Waals surface area contributed by atoms with Crippen LogP contribution in [0.25, 0.3) is 0 Å². The normalized spacial score (nSPS) is 11.1. The summed E-state index contributed by atoms with van der Waals surface area (Å²) in [5.41, 5.74) is -0.108. The first-order valence-corrected chi connectivity index (χ1v) is 4.64. The summed E-state index contributed by atoms with van der Waals surface area (Å²) in [5, 5.41) is 17.4. The van der Waals surface area contributed by atoms with Gasteiger partial charge in [-0.3, -0.25) is 9.59 Å². The Hall–Kier alpha value is -2.53. The Balaban J connectivity index is 3.25. The number of nitrogens with zero attached hydrogens (tertiary/aromatic N) is 2. The predicted molar refractivity (Wildman–Crippen MR) is 55.8 cm³/mol. The largest absolute Gasteiger partial charge is 0.296 e. The number of Topliss-reactive ketones (excluding diaryl/α,β-unsaturated/α-hetero) is 2. The minimum atomic E-state index is -2.27. The standard InChI is InChI=1S/C12H7FN2O2/c1-7(16)11(13)12(17)10-3-2-8(5-14)4-9(10)6-15/h2-4,11H,1H3. The minimum Gasteiger partial charge on any atom is -0.296 e. The number of rotatable bonds is 3. The molecule has 0 N–H and O–H groups in total. The number of hydrogen-bond donors (Lipinski definition) is 0. The number of hydrogen-bond acceptors (Lipinski definition) is 4. The van der Waals surface area contributed by atoms with Gasteiger partial charge in [-0.25, -0.2) is 4.39 Å². The smallest absolute Gasteiger partial charge is 0.220 e. The van der Waals surface area contributed by atoms with E-state index in [0.717, 1.165) is 6.92 Å². The fourth-order valence-corrected chi connectivity index (χ4v) is 1.24. The van der Waals surface area contributed by atoms with Gasteiger partial charge < -0.3 is 0 Å². The molecular weight excluding hydrogens is 223 g/mol. The first kappa shape index (κ1) is 12.5. The SMILES string of the molecule is CC(=O)C(F)C(=O)c1ccc(C#N)cc1C#N. The van der Waals surface area contributed by atoms with Gasteiger partial charge >= 0.3 is 0 Å². The Labute approximate surface area is 96.9 Å². The van der Waals surface area contributed by atoms with E-state index in [4.69, 9.17) is 10.5 Å². The molecule has 84 valence electrons. The summed E-state index contributed by atoms with van der Waals surface area (Å²) in [7, 11) is 0. The van der Waals surface area contributed by atoms with Crippen molar-refractivity contribution in [1.29, 1.82) is 10.5 Å². The van der Waals surface area contributed by atoms with Gasteiger partial charge in [0.25, 0.3) is 0 Å². The molecule has 0 radical (unpaired) electrons. The Kier molecular flexibility index (Phi) is 3.69. The molecule has 0 fully saturated rings. The molecule has 0 aliphatic rings. The predicted octanol–water partition coefficient (Wildman–Crippen LogP) is 1.54. The molecule has 1 atom stereocenters. The van der Waals surface area contributed by atoms with Crippen LogP contribution >= 0.6 is 0 Å². The van der Waals surface area contributed by atoms with Crippen LogP contribution < -0.4 is 0 Å². The van der Waals surface area contributed by atoms with Crippen molar-refractivity contribution in [3.8, 4) is 12.1 Å². The van der Waals surface area contributed by atoms with E-state index in [9.17, 15) is 14.0 Å². The number of alkyl halides is 1. The lowest BCUT2D eigenvalue weighted by Crippen LogP contribution is -2.24. The minimum absolute atomic E-state index is 0.113. The molecule has 0 bridgehead atoms. The first-order chi connectivity index (χ1) is 8.01. The summed E-state index contributed by atoms with van der Waals surface area (Å²) >= 11 is 0. The van der Waals surface area contributed by atoms with Gasteiger partial charge in [0.15, 0.2) is 5.78 Å². The van der Waals surface area contributed by atoms with Gasteiger partial charge in [-0.05, 0) is 25.1 Å². The second kappa shape index (κ2) is 5.00.